The van der Waals surface area contributed by atoms with Crippen LogP contribution in [0.4, 0.5) is 0 Å². The average Bonchev–Trinajstić information content (AvgIpc) is 2.74. The van der Waals surface area contributed by atoms with Gasteiger partial charge in [0, 0.05) is 32.2 Å². The van der Waals surface area contributed by atoms with E-state index in [0.29, 0.717) is 18.0 Å². The third kappa shape index (κ3) is 8.85. The number of carbonyl (C=O) groups is 1. The van der Waals surface area contributed by atoms with E-state index in [9.17, 15) is 4.79 Å². The van der Waals surface area contributed by atoms with Crippen LogP contribution in [0.5, 0.6) is 0 Å². The molecule has 6 heteroatoms. The zero-order chi connectivity index (χ0) is 20.2. The van der Waals surface area contributed by atoms with Crippen molar-refractivity contribution in [1.29, 1.82) is 0 Å². The average molecular weight is 508 g/mol. The standard InChI is InChI=1S/C23H32N4O.HI/c1-4-5-15-25-22(28)21-13-11-19(12-14-21)17-27-23(24-3)26-16-18(2)20-9-7-6-8-10-20;/h6-14,18H,4-5,15-17H2,1-3H3,(H,25,28)(H2,24,26,27);1H. The van der Waals surface area contributed by atoms with Crippen LogP contribution >= 0.6 is 24.0 Å². The van der Waals surface area contributed by atoms with E-state index in [2.05, 4.69) is 59.1 Å². The lowest BCUT2D eigenvalue weighted by molar-refractivity contribution is 0.0953. The lowest BCUT2D eigenvalue weighted by Gasteiger charge is -2.16. The van der Waals surface area contributed by atoms with Crippen molar-refractivity contribution in [3.05, 3.63) is 71.3 Å². The number of nitrogens with one attached hydrogen (secondary N) is 3. The molecule has 0 spiro atoms. The summed E-state index contributed by atoms with van der Waals surface area (Å²) in [5.74, 6) is 1.15. The first-order valence-electron chi connectivity index (χ1n) is 10.0. The second-order valence-corrected chi connectivity index (χ2v) is 6.92. The highest BCUT2D eigenvalue weighted by Crippen LogP contribution is 2.12. The van der Waals surface area contributed by atoms with Crippen LogP contribution in [0.25, 0.3) is 0 Å². The van der Waals surface area contributed by atoms with Gasteiger partial charge in [0.15, 0.2) is 5.96 Å². The first kappa shape index (κ1) is 24.9. The number of aliphatic imine (C=N–C) groups is 1. The van der Waals surface area contributed by atoms with E-state index in [1.807, 2.05) is 30.3 Å². The molecule has 0 radical (unpaired) electrons. The third-order valence-corrected chi connectivity index (χ3v) is 4.66. The number of carbonyl (C=O) groups excluding carboxylic acids is 1. The molecule has 0 fully saturated rings. The predicted molar refractivity (Wildman–Crippen MR) is 132 cm³/mol. The summed E-state index contributed by atoms with van der Waals surface area (Å²) in [7, 11) is 1.77. The van der Waals surface area contributed by atoms with Crippen LogP contribution in [-0.4, -0.2) is 32.0 Å². The van der Waals surface area contributed by atoms with Crippen molar-refractivity contribution in [3.63, 3.8) is 0 Å². The summed E-state index contributed by atoms with van der Waals surface area (Å²) in [6.07, 6.45) is 2.08. The first-order valence-corrected chi connectivity index (χ1v) is 10.0. The maximum absolute atomic E-state index is 12.1. The van der Waals surface area contributed by atoms with Gasteiger partial charge in [0.25, 0.3) is 5.91 Å². The number of benzene rings is 2. The molecule has 5 nitrogen and oxygen atoms in total. The topological polar surface area (TPSA) is 65.5 Å². The molecule has 2 rings (SSSR count). The highest BCUT2D eigenvalue weighted by atomic mass is 127. The Morgan fingerprint density at radius 3 is 2.31 bits per heavy atom. The summed E-state index contributed by atoms with van der Waals surface area (Å²) < 4.78 is 0. The number of hydrogen-bond acceptors (Lipinski definition) is 2. The van der Waals surface area contributed by atoms with Gasteiger partial charge in [0.1, 0.15) is 0 Å². The van der Waals surface area contributed by atoms with Crippen molar-refractivity contribution in [3.8, 4) is 0 Å². The Morgan fingerprint density at radius 2 is 1.69 bits per heavy atom. The normalized spacial score (nSPS) is 11.9. The quantitative estimate of drug-likeness (QED) is 0.205. The van der Waals surface area contributed by atoms with E-state index >= 15 is 0 Å². The maximum atomic E-state index is 12.1. The molecule has 2 aromatic carbocycles. The number of unbranched alkanes of at least 4 members (excludes halogenated alkanes) is 1. The molecule has 0 heterocycles. The van der Waals surface area contributed by atoms with Gasteiger partial charge in [0.2, 0.25) is 0 Å². The second-order valence-electron chi connectivity index (χ2n) is 6.92. The Hall–Kier alpha value is -2.09. The number of nitrogens with zero attached hydrogens (tertiary/aromatic N) is 1. The molecule has 158 valence electrons. The van der Waals surface area contributed by atoms with Crippen molar-refractivity contribution in [2.24, 2.45) is 4.99 Å². The molecule has 0 aliphatic heterocycles. The minimum atomic E-state index is -0.0136. The number of amides is 1. The summed E-state index contributed by atoms with van der Waals surface area (Å²) in [5, 5.41) is 9.63. The van der Waals surface area contributed by atoms with Gasteiger partial charge in [0.05, 0.1) is 0 Å². The van der Waals surface area contributed by atoms with Gasteiger partial charge in [-0.3, -0.25) is 9.79 Å². The molecule has 0 aliphatic rings. The van der Waals surface area contributed by atoms with Gasteiger partial charge >= 0.3 is 0 Å². The van der Waals surface area contributed by atoms with Crippen molar-refractivity contribution < 1.29 is 4.79 Å². The van der Waals surface area contributed by atoms with Gasteiger partial charge in [-0.1, -0.05) is 62.7 Å². The Kier molecular flexibility index (Phi) is 12.0. The summed E-state index contributed by atoms with van der Waals surface area (Å²) in [4.78, 5) is 16.3. The van der Waals surface area contributed by atoms with Gasteiger partial charge in [-0.05, 0) is 35.6 Å². The zero-order valence-electron chi connectivity index (χ0n) is 17.6. The maximum Gasteiger partial charge on any atom is 0.251 e. The molecule has 3 N–H and O–H groups in total. The van der Waals surface area contributed by atoms with Crippen LogP contribution < -0.4 is 16.0 Å². The van der Waals surface area contributed by atoms with E-state index in [1.165, 1.54) is 5.56 Å². The number of rotatable bonds is 9. The largest absolute Gasteiger partial charge is 0.356 e. The highest BCUT2D eigenvalue weighted by Gasteiger charge is 2.07. The van der Waals surface area contributed by atoms with Crippen LogP contribution in [0.2, 0.25) is 0 Å². The van der Waals surface area contributed by atoms with E-state index < -0.39 is 0 Å². The van der Waals surface area contributed by atoms with Crippen LogP contribution in [0, 0.1) is 0 Å². The fourth-order valence-corrected chi connectivity index (χ4v) is 2.81. The summed E-state index contributed by atoms with van der Waals surface area (Å²) in [5.41, 5.74) is 3.10. The van der Waals surface area contributed by atoms with E-state index in [1.54, 1.807) is 7.05 Å². The molecular formula is C23H33IN4O. The third-order valence-electron chi connectivity index (χ3n) is 4.66. The minimum Gasteiger partial charge on any atom is -0.356 e. The molecule has 2 aromatic rings. The SMILES string of the molecule is CCCCNC(=O)c1ccc(CNC(=NC)NCC(C)c2ccccc2)cc1.I. The number of guanidine groups is 1. The van der Waals surface area contributed by atoms with Crippen molar-refractivity contribution in [2.45, 2.75) is 39.2 Å². The van der Waals surface area contributed by atoms with E-state index in [4.69, 9.17) is 0 Å². The molecule has 1 atom stereocenters. The van der Waals surface area contributed by atoms with Crippen molar-refractivity contribution in [1.82, 2.24) is 16.0 Å². The highest BCUT2D eigenvalue weighted by molar-refractivity contribution is 14.0. The first-order chi connectivity index (χ1) is 13.6. The number of hydrogen-bond donors (Lipinski definition) is 3. The summed E-state index contributed by atoms with van der Waals surface area (Å²) in [6.45, 7) is 6.48. The van der Waals surface area contributed by atoms with Crippen LogP contribution in [-0.2, 0) is 6.54 Å². The molecule has 0 aromatic heterocycles. The molecule has 29 heavy (non-hydrogen) atoms. The van der Waals surface area contributed by atoms with Crippen LogP contribution in [0.1, 0.15) is 54.1 Å². The van der Waals surface area contributed by atoms with E-state index in [0.717, 1.165) is 37.5 Å². The monoisotopic (exact) mass is 508 g/mol. The Morgan fingerprint density at radius 1 is 1.00 bits per heavy atom. The minimum absolute atomic E-state index is 0. The number of halogens is 1. The fourth-order valence-electron chi connectivity index (χ4n) is 2.81. The van der Waals surface area contributed by atoms with Gasteiger partial charge in [-0.2, -0.15) is 0 Å². The molecular weight excluding hydrogens is 475 g/mol. The molecule has 0 aliphatic carbocycles. The molecule has 0 saturated heterocycles. The van der Waals surface area contributed by atoms with Gasteiger partial charge in [-0.25, -0.2) is 0 Å². The Labute approximate surface area is 191 Å². The lowest BCUT2D eigenvalue weighted by atomic mass is 10.0. The Balaban J connectivity index is 0.00000420. The van der Waals surface area contributed by atoms with Crippen LogP contribution in [0.3, 0.4) is 0 Å². The second kappa shape index (κ2) is 14.0. The molecule has 0 saturated carbocycles. The fraction of sp³-hybridized carbons (Fsp3) is 0.391. The molecule has 1 amide bonds. The molecule has 0 bridgehead atoms. The summed E-state index contributed by atoms with van der Waals surface area (Å²) in [6, 6.07) is 18.1. The molecule has 1 unspecified atom stereocenters. The Bertz CT molecular complexity index is 747. The van der Waals surface area contributed by atoms with Crippen molar-refractivity contribution in [2.75, 3.05) is 20.1 Å². The van der Waals surface area contributed by atoms with Crippen LogP contribution in [0.15, 0.2) is 59.6 Å². The van der Waals surface area contributed by atoms with E-state index in [-0.39, 0.29) is 29.9 Å². The smallest absolute Gasteiger partial charge is 0.251 e. The van der Waals surface area contributed by atoms with Gasteiger partial charge in [-0.15, -0.1) is 24.0 Å². The summed E-state index contributed by atoms with van der Waals surface area (Å²) >= 11 is 0. The lowest BCUT2D eigenvalue weighted by Crippen LogP contribution is -2.38. The predicted octanol–water partition coefficient (Wildman–Crippen LogP) is 4.30. The van der Waals surface area contributed by atoms with Crippen molar-refractivity contribution >= 4 is 35.8 Å². The zero-order valence-corrected chi connectivity index (χ0v) is 19.9. The van der Waals surface area contributed by atoms with Gasteiger partial charge < -0.3 is 16.0 Å².